The van der Waals surface area contributed by atoms with Crippen LogP contribution in [-0.4, -0.2) is 9.13 Å². The van der Waals surface area contributed by atoms with Gasteiger partial charge in [-0.3, -0.25) is 0 Å². The van der Waals surface area contributed by atoms with Crippen LogP contribution >= 0.6 is 0 Å². The Bertz CT molecular complexity index is 4450. The van der Waals surface area contributed by atoms with Gasteiger partial charge in [-0.2, -0.15) is 0 Å². The van der Waals surface area contributed by atoms with Gasteiger partial charge >= 0.3 is 0 Å². The highest BCUT2D eigenvalue weighted by Crippen LogP contribution is 2.49. The minimum absolute atomic E-state index is 0.132. The zero-order valence-electron chi connectivity index (χ0n) is 43.0. The molecule has 14 aromatic rings. The molecular weight excluding hydrogens is 929 g/mol. The van der Waals surface area contributed by atoms with E-state index in [2.05, 4.69) is 302 Å². The molecule has 0 fully saturated rings. The van der Waals surface area contributed by atoms with Gasteiger partial charge in [-0.15, -0.1) is 0 Å². The topological polar surface area (TPSA) is 9.86 Å². The minimum Gasteiger partial charge on any atom is -0.309 e. The quantitative estimate of drug-likeness (QED) is 0.134. The van der Waals surface area contributed by atoms with E-state index in [1.165, 1.54) is 143 Å². The fourth-order valence-corrected chi connectivity index (χ4v) is 12.5. The summed E-state index contributed by atoms with van der Waals surface area (Å²) in [6.07, 6.45) is 9.03. The fourth-order valence-electron chi connectivity index (χ4n) is 12.5. The van der Waals surface area contributed by atoms with Gasteiger partial charge in [0.2, 0.25) is 0 Å². The average molecular weight is 981 g/mol. The van der Waals surface area contributed by atoms with Gasteiger partial charge < -0.3 is 9.13 Å². The molecule has 0 amide bonds. The molecule has 0 saturated carbocycles. The zero-order chi connectivity index (χ0) is 51.2. The SMILES string of the molecule is CC1(C)c2cc(/C=C/c3ccc4cc(-c5ccc6c(c5)c5ccccc5n6-c5ccccc5)ccc4c3)ccc2-c2ccc(/C=C/c3ccc4cc(-c5ccc6c(c5)c5ccccc5n6-c5ccccc5)ccc4c3)cc21. The number of hydrogen-bond acceptors (Lipinski definition) is 0. The molecule has 1 aliphatic rings. The van der Waals surface area contributed by atoms with Crippen LogP contribution < -0.4 is 0 Å². The highest BCUT2D eigenvalue weighted by molar-refractivity contribution is 6.12. The molecule has 0 unspecified atom stereocenters. The van der Waals surface area contributed by atoms with Crippen LogP contribution in [0.4, 0.5) is 0 Å². The van der Waals surface area contributed by atoms with Gasteiger partial charge in [0.25, 0.3) is 0 Å². The van der Waals surface area contributed by atoms with Gasteiger partial charge in [-0.25, -0.2) is 0 Å². The van der Waals surface area contributed by atoms with E-state index in [1.54, 1.807) is 0 Å². The summed E-state index contributed by atoms with van der Waals surface area (Å²) in [6, 6.07) is 93.9. The third kappa shape index (κ3) is 7.55. The lowest BCUT2D eigenvalue weighted by Crippen LogP contribution is -2.15. The number of benzene rings is 12. The Morgan fingerprint density at radius 3 is 1.06 bits per heavy atom. The first-order valence-corrected chi connectivity index (χ1v) is 26.8. The first-order chi connectivity index (χ1) is 37.9. The van der Waals surface area contributed by atoms with E-state index in [-0.39, 0.29) is 5.41 Å². The Kier molecular flexibility index (Phi) is 10.3. The van der Waals surface area contributed by atoms with Gasteiger partial charge in [-0.1, -0.05) is 208 Å². The first kappa shape index (κ1) is 44.7. The lowest BCUT2D eigenvalue weighted by molar-refractivity contribution is 0.660. The predicted molar refractivity (Wildman–Crippen MR) is 329 cm³/mol. The largest absolute Gasteiger partial charge is 0.309 e. The van der Waals surface area contributed by atoms with E-state index < -0.39 is 0 Å². The summed E-state index contributed by atoms with van der Waals surface area (Å²) < 4.78 is 4.74. The molecule has 2 heterocycles. The number of fused-ring (bicyclic) bond motifs is 11. The fraction of sp³-hybridized carbons (Fsp3) is 0.0400. The second-order valence-corrected chi connectivity index (χ2v) is 21.4. The molecule has 1 aliphatic carbocycles. The monoisotopic (exact) mass is 980 g/mol. The molecule has 2 aromatic heterocycles. The Morgan fingerprint density at radius 1 is 0.273 bits per heavy atom. The molecule has 0 spiro atoms. The predicted octanol–water partition coefficient (Wildman–Crippen LogP) is 20.2. The third-order valence-corrected chi connectivity index (χ3v) is 16.4. The van der Waals surface area contributed by atoms with E-state index >= 15 is 0 Å². The van der Waals surface area contributed by atoms with Crippen molar-refractivity contribution in [3.8, 4) is 44.8 Å². The molecule has 0 aliphatic heterocycles. The Morgan fingerprint density at radius 2 is 0.610 bits per heavy atom. The molecular formula is C75H52N2. The van der Waals surface area contributed by atoms with Crippen LogP contribution in [0.1, 0.15) is 47.2 Å². The van der Waals surface area contributed by atoms with Crippen LogP contribution in [-0.2, 0) is 5.41 Å². The molecule has 362 valence electrons. The molecule has 12 aromatic carbocycles. The molecule has 2 nitrogen and oxygen atoms in total. The maximum Gasteiger partial charge on any atom is 0.0541 e. The average Bonchev–Trinajstić information content (AvgIpc) is 4.20. The molecule has 0 radical (unpaired) electrons. The summed E-state index contributed by atoms with van der Waals surface area (Å²) in [7, 11) is 0. The van der Waals surface area contributed by atoms with Crippen molar-refractivity contribution >= 4 is 89.5 Å². The van der Waals surface area contributed by atoms with Crippen molar-refractivity contribution < 1.29 is 0 Å². The van der Waals surface area contributed by atoms with Crippen LogP contribution in [0, 0.1) is 0 Å². The number of para-hydroxylation sites is 4. The van der Waals surface area contributed by atoms with Crippen molar-refractivity contribution in [3.05, 3.63) is 288 Å². The molecule has 15 rings (SSSR count). The zero-order valence-corrected chi connectivity index (χ0v) is 43.0. The van der Waals surface area contributed by atoms with Crippen LogP contribution in [0.15, 0.2) is 255 Å². The molecule has 0 atom stereocenters. The molecule has 0 saturated heterocycles. The van der Waals surface area contributed by atoms with Gasteiger partial charge in [0.1, 0.15) is 0 Å². The van der Waals surface area contributed by atoms with Gasteiger partial charge in [0.05, 0.1) is 22.1 Å². The van der Waals surface area contributed by atoms with Crippen molar-refractivity contribution in [3.63, 3.8) is 0 Å². The Hall–Kier alpha value is -9.76. The van der Waals surface area contributed by atoms with Gasteiger partial charge in [0.15, 0.2) is 0 Å². The smallest absolute Gasteiger partial charge is 0.0541 e. The highest BCUT2D eigenvalue weighted by Gasteiger charge is 2.35. The van der Waals surface area contributed by atoms with Gasteiger partial charge in [0, 0.05) is 38.3 Å². The summed E-state index contributed by atoms with van der Waals surface area (Å²) in [5, 5.41) is 10.0. The van der Waals surface area contributed by atoms with E-state index in [4.69, 9.17) is 0 Å². The maximum absolute atomic E-state index is 2.39. The van der Waals surface area contributed by atoms with E-state index in [9.17, 15) is 0 Å². The molecule has 0 bridgehead atoms. The lowest BCUT2D eigenvalue weighted by Gasteiger charge is -2.22. The number of hydrogen-bond donors (Lipinski definition) is 0. The third-order valence-electron chi connectivity index (χ3n) is 16.4. The summed E-state index contributed by atoms with van der Waals surface area (Å²) in [5.41, 5.74) is 22.2. The van der Waals surface area contributed by atoms with Gasteiger partial charge in [-0.05, 0) is 173 Å². The number of nitrogens with zero attached hydrogens (tertiary/aromatic N) is 2. The van der Waals surface area contributed by atoms with Crippen LogP contribution in [0.2, 0.25) is 0 Å². The highest BCUT2D eigenvalue weighted by atomic mass is 15.0. The summed E-state index contributed by atoms with van der Waals surface area (Å²) >= 11 is 0. The van der Waals surface area contributed by atoms with Crippen molar-refractivity contribution in [2.24, 2.45) is 0 Å². The van der Waals surface area contributed by atoms with E-state index in [0.717, 1.165) is 0 Å². The molecule has 0 N–H and O–H groups in total. The minimum atomic E-state index is -0.132. The Labute approximate surface area is 448 Å². The molecule has 77 heavy (non-hydrogen) atoms. The van der Waals surface area contributed by atoms with Crippen LogP contribution in [0.3, 0.4) is 0 Å². The molecule has 2 heteroatoms. The van der Waals surface area contributed by atoms with Crippen molar-refractivity contribution in [1.29, 1.82) is 0 Å². The normalized spacial score (nSPS) is 13.1. The number of rotatable bonds is 8. The maximum atomic E-state index is 2.39. The summed E-state index contributed by atoms with van der Waals surface area (Å²) in [6.45, 7) is 4.74. The standard InChI is InChI=1S/C75H52N2/c1-75(2)69-43-51(23-21-49-25-29-55-45-57(33-31-53(55)41-49)59-35-39-73-67(47-59)65-17-9-11-19-71(65)76(73)61-13-5-3-6-14-61)27-37-63(69)64-38-28-52(44-70(64)75)24-22-50-26-30-56-46-58(34-32-54(56)42-50)60-36-40-74-68(48-60)66-18-10-12-20-72(66)77(74)62-15-7-4-8-16-62/h3-48H,1-2H3/b23-21+,24-22+. The second kappa shape index (κ2) is 17.7. The first-order valence-electron chi connectivity index (χ1n) is 26.8. The van der Waals surface area contributed by atoms with E-state index in [1.807, 2.05) is 0 Å². The number of aromatic nitrogens is 2. The second-order valence-electron chi connectivity index (χ2n) is 21.4. The summed E-state index contributed by atoms with van der Waals surface area (Å²) in [4.78, 5) is 0. The van der Waals surface area contributed by atoms with E-state index in [0.29, 0.717) is 0 Å². The van der Waals surface area contributed by atoms with Crippen molar-refractivity contribution in [2.45, 2.75) is 19.3 Å². The van der Waals surface area contributed by atoms with Crippen molar-refractivity contribution in [1.82, 2.24) is 9.13 Å². The van der Waals surface area contributed by atoms with Crippen molar-refractivity contribution in [2.75, 3.05) is 0 Å². The summed E-state index contributed by atoms with van der Waals surface area (Å²) in [5.74, 6) is 0. The Balaban J connectivity index is 0.649. The van der Waals surface area contributed by atoms with Crippen LogP contribution in [0.5, 0.6) is 0 Å². The van der Waals surface area contributed by atoms with Crippen LogP contribution in [0.25, 0.3) is 134 Å². The lowest BCUT2D eigenvalue weighted by atomic mass is 9.81.